The Morgan fingerprint density at radius 3 is 2.29 bits per heavy atom. The molecule has 1 aliphatic carbocycles. The van der Waals surface area contributed by atoms with Crippen LogP contribution in [0.2, 0.25) is 0 Å². The van der Waals surface area contributed by atoms with E-state index in [1.165, 1.54) is 40.8 Å². The van der Waals surface area contributed by atoms with Crippen LogP contribution < -0.4 is 14.2 Å². The first kappa shape index (κ1) is 39.0. The fraction of sp³-hybridized carbons (Fsp3) is 0.514. The van der Waals surface area contributed by atoms with Crippen LogP contribution in [-0.4, -0.2) is 72.5 Å². The molecule has 0 bridgehead atoms. The van der Waals surface area contributed by atoms with Gasteiger partial charge in [0.2, 0.25) is 15.9 Å². The number of anilines is 1. The van der Waals surface area contributed by atoms with Crippen LogP contribution in [0.5, 0.6) is 11.6 Å². The number of benzene rings is 1. The number of fused-ring (bicyclic) bond motifs is 1. The van der Waals surface area contributed by atoms with Crippen LogP contribution >= 0.6 is 0 Å². The Kier molecular flexibility index (Phi) is 13.3. The number of aromatic nitrogens is 3. The zero-order valence-electron chi connectivity index (χ0n) is 30.2. The maximum Gasteiger partial charge on any atom is 0.417 e. The van der Waals surface area contributed by atoms with Gasteiger partial charge in [0.1, 0.15) is 29.0 Å². The van der Waals surface area contributed by atoms with Crippen molar-refractivity contribution in [2.24, 2.45) is 17.8 Å². The number of methoxy groups -OCH3 is 1. The van der Waals surface area contributed by atoms with E-state index >= 15 is 0 Å². The van der Waals surface area contributed by atoms with Crippen molar-refractivity contribution in [2.75, 3.05) is 31.2 Å². The van der Waals surface area contributed by atoms with Gasteiger partial charge in [-0.25, -0.2) is 27.5 Å². The molecule has 2 heterocycles. The minimum atomic E-state index is -3.61. The number of rotatable bonds is 17. The van der Waals surface area contributed by atoms with Crippen molar-refractivity contribution >= 4 is 33.4 Å². The van der Waals surface area contributed by atoms with Crippen molar-refractivity contribution in [3.05, 3.63) is 54.6 Å². The SMILES string of the molecule is C=CCN(CC=C)C(=O)Oc1c(C#N)c(C(=O)OC2C(CCCC)CC(C)CC2CCCC)c2nc(-c3cc(NS(C)(=O)=O)ccc3OC)[nH]n12. The van der Waals surface area contributed by atoms with E-state index in [4.69, 9.17) is 19.2 Å². The van der Waals surface area contributed by atoms with Crippen molar-refractivity contribution in [1.82, 2.24) is 19.5 Å². The first-order valence-corrected chi connectivity index (χ1v) is 19.4. The molecule has 2 atom stereocenters. The van der Waals surface area contributed by atoms with Gasteiger partial charge in [0.15, 0.2) is 11.5 Å². The number of aromatic amines is 1. The molecule has 1 amide bonds. The Bertz CT molecular complexity index is 1850. The number of esters is 1. The van der Waals surface area contributed by atoms with E-state index in [1.807, 2.05) is 0 Å². The standard InChI is InChI=1S/C37H50N6O7S/c1-8-12-14-25-20-24(5)21-26(15-13-9-2)32(25)49-36(44)31-29(23-38)35(50-37(45)42(18-10-3)19-11-4)43-34(31)39-33(40-43)28-22-27(41-51(7,46)47)16-17-30(28)48-6/h10-11,16-17,22,24-26,32,41H,3-4,8-9,12-15,18-21H2,1-2,5-7H3,(H,39,40). The molecule has 1 fully saturated rings. The number of carbonyl (C=O) groups excluding carboxylic acids is 2. The van der Waals surface area contributed by atoms with E-state index in [1.54, 1.807) is 6.07 Å². The number of unbranched alkanes of at least 4 members (excludes halogenated alkanes) is 2. The summed E-state index contributed by atoms with van der Waals surface area (Å²) >= 11 is 0. The lowest BCUT2D eigenvalue weighted by molar-refractivity contribution is -0.0393. The first-order valence-electron chi connectivity index (χ1n) is 17.5. The van der Waals surface area contributed by atoms with Crippen molar-refractivity contribution in [3.8, 4) is 29.1 Å². The van der Waals surface area contributed by atoms with Crippen molar-refractivity contribution < 1.29 is 32.2 Å². The molecular formula is C37H50N6O7S. The number of H-pyrrole nitrogens is 1. The summed E-state index contributed by atoms with van der Waals surface area (Å²) in [7, 11) is -2.16. The topological polar surface area (TPSA) is 168 Å². The molecule has 2 unspecified atom stereocenters. The fourth-order valence-corrected chi connectivity index (χ4v) is 7.56. The van der Waals surface area contributed by atoms with Gasteiger partial charge in [0, 0.05) is 18.8 Å². The highest BCUT2D eigenvalue weighted by atomic mass is 32.2. The van der Waals surface area contributed by atoms with Crippen LogP contribution in [0, 0.1) is 29.1 Å². The molecule has 0 radical (unpaired) electrons. The lowest BCUT2D eigenvalue weighted by Crippen LogP contribution is -2.40. The smallest absolute Gasteiger partial charge is 0.417 e. The maximum atomic E-state index is 14.4. The molecule has 3 aromatic rings. The van der Waals surface area contributed by atoms with E-state index in [2.05, 4.69) is 49.8 Å². The highest BCUT2D eigenvalue weighted by Gasteiger charge is 2.40. The van der Waals surface area contributed by atoms with Gasteiger partial charge >= 0.3 is 12.1 Å². The van der Waals surface area contributed by atoms with E-state index in [-0.39, 0.29) is 65.2 Å². The van der Waals surface area contributed by atoms with Crippen molar-refractivity contribution in [2.45, 2.75) is 78.2 Å². The average Bonchev–Trinajstić information content (AvgIpc) is 3.63. The second-order valence-corrected chi connectivity index (χ2v) is 15.0. The number of hydrogen-bond donors (Lipinski definition) is 2. The molecule has 1 saturated carbocycles. The third kappa shape index (κ3) is 9.32. The molecule has 1 aliphatic rings. The Hall–Kier alpha value is -4.77. The van der Waals surface area contributed by atoms with Crippen LogP contribution in [0.1, 0.15) is 88.1 Å². The van der Waals surface area contributed by atoms with Crippen molar-refractivity contribution in [1.29, 1.82) is 5.26 Å². The number of sulfonamides is 1. The third-order valence-corrected chi connectivity index (χ3v) is 9.80. The molecule has 0 saturated heterocycles. The summed E-state index contributed by atoms with van der Waals surface area (Å²) in [6.07, 6.45) is 10.7. The molecule has 276 valence electrons. The molecule has 51 heavy (non-hydrogen) atoms. The summed E-state index contributed by atoms with van der Waals surface area (Å²) in [5, 5.41) is 13.5. The Balaban J connectivity index is 1.89. The molecule has 1 aromatic carbocycles. The summed E-state index contributed by atoms with van der Waals surface area (Å²) in [6.45, 7) is 14.2. The largest absolute Gasteiger partial charge is 0.496 e. The monoisotopic (exact) mass is 722 g/mol. The van der Waals surface area contributed by atoms with E-state index in [9.17, 15) is 23.3 Å². The van der Waals surface area contributed by atoms with Crippen LogP contribution in [0.3, 0.4) is 0 Å². The summed E-state index contributed by atoms with van der Waals surface area (Å²) in [6, 6.07) is 6.68. The fourth-order valence-electron chi connectivity index (χ4n) is 7.01. The number of ether oxygens (including phenoxy) is 3. The third-order valence-electron chi connectivity index (χ3n) is 9.19. The van der Waals surface area contributed by atoms with Gasteiger partial charge in [-0.3, -0.25) is 9.82 Å². The number of nitrogens with one attached hydrogen (secondary N) is 2. The molecule has 2 N–H and O–H groups in total. The first-order chi connectivity index (χ1) is 24.4. The predicted octanol–water partition coefficient (Wildman–Crippen LogP) is 7.32. The molecule has 0 aliphatic heterocycles. The van der Waals surface area contributed by atoms with Crippen LogP contribution in [0.25, 0.3) is 17.0 Å². The molecule has 4 rings (SSSR count). The van der Waals surface area contributed by atoms with Gasteiger partial charge in [-0.15, -0.1) is 13.2 Å². The number of nitrogens with zero attached hydrogens (tertiary/aromatic N) is 4. The minimum absolute atomic E-state index is 0.00346. The average molecular weight is 723 g/mol. The number of hydrogen-bond acceptors (Lipinski definition) is 9. The van der Waals surface area contributed by atoms with Crippen LogP contribution in [-0.2, 0) is 14.8 Å². The van der Waals surface area contributed by atoms with Gasteiger partial charge in [0.05, 0.1) is 18.9 Å². The molecule has 13 nitrogen and oxygen atoms in total. The second-order valence-electron chi connectivity index (χ2n) is 13.3. The predicted molar refractivity (Wildman–Crippen MR) is 196 cm³/mol. The van der Waals surface area contributed by atoms with Gasteiger partial charge in [-0.2, -0.15) is 5.26 Å². The minimum Gasteiger partial charge on any atom is -0.496 e. The Labute approximate surface area is 300 Å². The Morgan fingerprint density at radius 1 is 1.14 bits per heavy atom. The lowest BCUT2D eigenvalue weighted by atomic mass is 9.70. The molecule has 14 heteroatoms. The Morgan fingerprint density at radius 2 is 1.76 bits per heavy atom. The van der Waals surface area contributed by atoms with E-state index in [0.717, 1.165) is 57.6 Å². The zero-order valence-corrected chi connectivity index (χ0v) is 31.1. The maximum absolute atomic E-state index is 14.4. The zero-order chi connectivity index (χ0) is 37.3. The van der Waals surface area contributed by atoms with Gasteiger partial charge in [-0.1, -0.05) is 58.6 Å². The highest BCUT2D eigenvalue weighted by Crippen LogP contribution is 2.42. The number of carbonyl (C=O) groups is 2. The number of nitriles is 1. The van der Waals surface area contributed by atoms with Gasteiger partial charge < -0.3 is 19.1 Å². The van der Waals surface area contributed by atoms with E-state index in [0.29, 0.717) is 17.2 Å². The molecule has 0 spiro atoms. The normalized spacial score (nSPS) is 18.8. The summed E-state index contributed by atoms with van der Waals surface area (Å²) in [4.78, 5) is 33.9. The lowest BCUT2D eigenvalue weighted by Gasteiger charge is -2.40. The van der Waals surface area contributed by atoms with Crippen molar-refractivity contribution in [3.63, 3.8) is 0 Å². The van der Waals surface area contributed by atoms with Gasteiger partial charge in [-0.05, 0) is 61.6 Å². The summed E-state index contributed by atoms with van der Waals surface area (Å²) < 4.78 is 45.5. The summed E-state index contributed by atoms with van der Waals surface area (Å²) in [5.41, 5.74) is 0.218. The quantitative estimate of drug-likeness (QED) is 0.107. The molecule has 2 aromatic heterocycles. The van der Waals surface area contributed by atoms with Crippen LogP contribution in [0.15, 0.2) is 43.5 Å². The molecular weight excluding hydrogens is 673 g/mol. The second kappa shape index (κ2) is 17.4. The number of amides is 1. The highest BCUT2D eigenvalue weighted by molar-refractivity contribution is 7.92. The van der Waals surface area contributed by atoms with Crippen LogP contribution in [0.4, 0.5) is 10.5 Å². The summed E-state index contributed by atoms with van der Waals surface area (Å²) in [5.74, 6) is 0.319. The van der Waals surface area contributed by atoms with E-state index < -0.39 is 22.1 Å². The van der Waals surface area contributed by atoms with Gasteiger partial charge in [0.25, 0.3) is 0 Å².